The molecule has 32 heavy (non-hydrogen) atoms. The van der Waals surface area contributed by atoms with Gasteiger partial charge in [-0.15, -0.1) is 0 Å². The maximum absolute atomic E-state index is 12.7. The van der Waals surface area contributed by atoms with Gasteiger partial charge in [-0.1, -0.05) is 30.3 Å². The molecule has 0 spiro atoms. The summed E-state index contributed by atoms with van der Waals surface area (Å²) in [6, 6.07) is 27.2. The van der Waals surface area contributed by atoms with Crippen molar-refractivity contribution in [1.29, 1.82) is 0 Å². The summed E-state index contributed by atoms with van der Waals surface area (Å²) >= 11 is 0. The molecule has 0 saturated carbocycles. The summed E-state index contributed by atoms with van der Waals surface area (Å²) < 4.78 is 3.25. The average Bonchev–Trinajstić information content (AvgIpc) is 3.17. The fraction of sp³-hybridized carbons (Fsp3) is 0.0400. The second-order valence-electron chi connectivity index (χ2n) is 7.32. The fourth-order valence-electron chi connectivity index (χ4n) is 3.59. The van der Waals surface area contributed by atoms with Crippen LogP contribution in [0.3, 0.4) is 0 Å². The molecule has 0 bridgehead atoms. The van der Waals surface area contributed by atoms with E-state index in [0.29, 0.717) is 11.4 Å². The highest BCUT2D eigenvalue weighted by Gasteiger charge is 2.13. The number of aromatic nitrogens is 4. The Morgan fingerprint density at radius 1 is 0.844 bits per heavy atom. The maximum atomic E-state index is 12.7. The lowest BCUT2D eigenvalue weighted by Gasteiger charge is -2.09. The van der Waals surface area contributed by atoms with E-state index < -0.39 is 5.91 Å². The molecule has 3 aromatic carbocycles. The molecular weight excluding hydrogens is 402 g/mol. The van der Waals surface area contributed by atoms with Gasteiger partial charge in [-0.3, -0.25) is 9.59 Å². The lowest BCUT2D eigenvalue weighted by atomic mass is 10.2. The number of benzene rings is 3. The molecule has 156 valence electrons. The minimum absolute atomic E-state index is 0.146. The van der Waals surface area contributed by atoms with Gasteiger partial charge in [-0.2, -0.15) is 9.78 Å². The minimum Gasteiger partial charge on any atom is -0.327 e. The number of carbonyl (C=O) groups excluding carboxylic acids is 1. The molecule has 0 saturated heterocycles. The maximum Gasteiger partial charge on any atom is 0.276 e. The van der Waals surface area contributed by atoms with E-state index in [1.54, 1.807) is 12.1 Å². The molecule has 0 unspecified atom stereocenters. The lowest BCUT2D eigenvalue weighted by Crippen LogP contribution is -2.24. The Kier molecular flexibility index (Phi) is 4.84. The number of carbonyl (C=O) groups is 1. The van der Waals surface area contributed by atoms with Crippen LogP contribution in [0.1, 0.15) is 10.5 Å². The molecule has 2 aromatic heterocycles. The van der Waals surface area contributed by atoms with Crippen LogP contribution in [0.2, 0.25) is 0 Å². The highest BCUT2D eigenvalue weighted by Crippen LogP contribution is 2.24. The zero-order valence-corrected chi connectivity index (χ0v) is 17.3. The van der Waals surface area contributed by atoms with Crippen molar-refractivity contribution < 1.29 is 4.79 Å². The van der Waals surface area contributed by atoms with Crippen molar-refractivity contribution in [2.24, 2.45) is 7.05 Å². The minimum atomic E-state index is -0.398. The van der Waals surface area contributed by atoms with E-state index in [0.717, 1.165) is 22.4 Å². The topological polar surface area (TPSA) is 81.8 Å². The molecule has 2 heterocycles. The third-order valence-electron chi connectivity index (χ3n) is 5.22. The number of nitrogens with zero attached hydrogens (tertiary/aromatic N) is 4. The van der Waals surface area contributed by atoms with Crippen LogP contribution in [-0.2, 0) is 7.05 Å². The van der Waals surface area contributed by atoms with Crippen LogP contribution in [0.5, 0.6) is 0 Å². The number of hydrogen-bond acceptors (Lipinski definition) is 4. The molecule has 1 N–H and O–H groups in total. The molecule has 0 radical (unpaired) electrons. The highest BCUT2D eigenvalue weighted by molar-refractivity contribution is 6.02. The number of hydrogen-bond donors (Lipinski definition) is 1. The average molecular weight is 421 g/mol. The summed E-state index contributed by atoms with van der Waals surface area (Å²) in [6.07, 6.45) is 0. The van der Waals surface area contributed by atoms with Gasteiger partial charge in [-0.05, 0) is 54.6 Å². The Balaban J connectivity index is 1.38. The van der Waals surface area contributed by atoms with Gasteiger partial charge in [0.1, 0.15) is 11.5 Å². The number of imidazole rings is 1. The zero-order chi connectivity index (χ0) is 22.1. The molecule has 0 aliphatic rings. The first kappa shape index (κ1) is 19.4. The summed E-state index contributed by atoms with van der Waals surface area (Å²) in [6.45, 7) is 0. The van der Waals surface area contributed by atoms with E-state index in [-0.39, 0.29) is 11.3 Å². The van der Waals surface area contributed by atoms with Gasteiger partial charge in [0.25, 0.3) is 11.5 Å². The van der Waals surface area contributed by atoms with Crippen molar-refractivity contribution in [2.75, 3.05) is 5.32 Å². The molecule has 7 nitrogen and oxygen atoms in total. The number of fused-ring (bicyclic) bond motifs is 1. The zero-order valence-electron chi connectivity index (χ0n) is 17.3. The Morgan fingerprint density at radius 3 is 2.31 bits per heavy atom. The molecular formula is C25H19N5O2. The highest BCUT2D eigenvalue weighted by atomic mass is 16.2. The molecule has 1 amide bonds. The van der Waals surface area contributed by atoms with Crippen LogP contribution in [-0.4, -0.2) is 25.2 Å². The van der Waals surface area contributed by atoms with E-state index in [9.17, 15) is 9.59 Å². The first-order valence-corrected chi connectivity index (χ1v) is 10.1. The normalized spacial score (nSPS) is 10.9. The number of aryl methyl sites for hydroxylation is 1. The van der Waals surface area contributed by atoms with E-state index >= 15 is 0 Å². The first-order chi connectivity index (χ1) is 15.6. The molecule has 7 heteroatoms. The smallest absolute Gasteiger partial charge is 0.276 e. The molecule has 5 rings (SSSR count). The van der Waals surface area contributed by atoms with Crippen LogP contribution in [0, 0.1) is 0 Å². The summed E-state index contributed by atoms with van der Waals surface area (Å²) in [5, 5.41) is 7.05. The second-order valence-corrected chi connectivity index (χ2v) is 7.32. The number of amides is 1. The lowest BCUT2D eigenvalue weighted by molar-refractivity contribution is 0.102. The molecule has 0 fully saturated rings. The summed E-state index contributed by atoms with van der Waals surface area (Å²) in [7, 11) is 1.98. The molecule has 0 aliphatic heterocycles. The summed E-state index contributed by atoms with van der Waals surface area (Å²) in [5.41, 5.74) is 3.99. The van der Waals surface area contributed by atoms with E-state index in [1.807, 2.05) is 78.3 Å². The largest absolute Gasteiger partial charge is 0.327 e. The third-order valence-corrected chi connectivity index (χ3v) is 5.22. The van der Waals surface area contributed by atoms with Crippen LogP contribution in [0.4, 0.5) is 5.69 Å². The van der Waals surface area contributed by atoms with Crippen molar-refractivity contribution in [3.05, 3.63) is 107 Å². The quantitative estimate of drug-likeness (QED) is 0.475. The summed E-state index contributed by atoms with van der Waals surface area (Å²) in [4.78, 5) is 29.6. The SMILES string of the molecule is Cn1c(-c2ccc(NC(=O)c3ccc(=O)n(-c4ccccc4)n3)cc2)nc2ccccc21. The van der Waals surface area contributed by atoms with E-state index in [4.69, 9.17) is 4.98 Å². The third kappa shape index (κ3) is 3.56. The fourth-order valence-corrected chi connectivity index (χ4v) is 3.59. The van der Waals surface area contributed by atoms with Crippen molar-refractivity contribution >= 4 is 22.6 Å². The molecule has 0 aliphatic carbocycles. The van der Waals surface area contributed by atoms with Crippen LogP contribution in [0.15, 0.2) is 95.8 Å². The Labute approximate surface area is 183 Å². The van der Waals surface area contributed by atoms with E-state index in [2.05, 4.69) is 10.4 Å². The Morgan fingerprint density at radius 2 is 1.56 bits per heavy atom. The summed E-state index contributed by atoms with van der Waals surface area (Å²) in [5.74, 6) is 0.450. The van der Waals surface area contributed by atoms with Gasteiger partial charge in [0.05, 0.1) is 16.7 Å². The predicted molar refractivity (Wildman–Crippen MR) is 124 cm³/mol. The van der Waals surface area contributed by atoms with Crippen LogP contribution in [0.25, 0.3) is 28.1 Å². The number of nitrogens with one attached hydrogen (secondary N) is 1. The van der Waals surface area contributed by atoms with Gasteiger partial charge in [0.2, 0.25) is 0 Å². The van der Waals surface area contributed by atoms with Crippen molar-refractivity contribution in [1.82, 2.24) is 19.3 Å². The van der Waals surface area contributed by atoms with Crippen molar-refractivity contribution in [3.63, 3.8) is 0 Å². The second kappa shape index (κ2) is 7.96. The molecule has 0 atom stereocenters. The number of para-hydroxylation sites is 3. The van der Waals surface area contributed by atoms with Crippen molar-refractivity contribution in [2.45, 2.75) is 0 Å². The van der Waals surface area contributed by atoms with Gasteiger partial charge in [0.15, 0.2) is 0 Å². The molecule has 5 aromatic rings. The van der Waals surface area contributed by atoms with Gasteiger partial charge in [-0.25, -0.2) is 4.98 Å². The van der Waals surface area contributed by atoms with Crippen LogP contribution >= 0.6 is 0 Å². The van der Waals surface area contributed by atoms with Crippen molar-refractivity contribution in [3.8, 4) is 17.1 Å². The van der Waals surface area contributed by atoms with E-state index in [1.165, 1.54) is 16.8 Å². The monoisotopic (exact) mass is 421 g/mol. The standard InChI is InChI=1S/C25H19N5O2/c1-29-22-10-6-5-9-20(22)27-24(29)17-11-13-18(14-12-17)26-25(32)21-15-16-23(31)30(28-21)19-7-3-2-4-8-19/h2-16H,1H3,(H,26,32). The predicted octanol–water partition coefficient (Wildman–Crippen LogP) is 4.04. The van der Waals surface area contributed by atoms with Crippen LogP contribution < -0.4 is 10.9 Å². The van der Waals surface area contributed by atoms with Gasteiger partial charge in [0, 0.05) is 24.4 Å². The first-order valence-electron chi connectivity index (χ1n) is 10.1. The Bertz CT molecular complexity index is 1480. The Hall–Kier alpha value is -4.52. The number of rotatable bonds is 4. The van der Waals surface area contributed by atoms with Gasteiger partial charge >= 0.3 is 0 Å². The van der Waals surface area contributed by atoms with Gasteiger partial charge < -0.3 is 9.88 Å². The number of anilines is 1.